The summed E-state index contributed by atoms with van der Waals surface area (Å²) < 4.78 is 18.5. The third kappa shape index (κ3) is 6.85. The molecule has 0 unspecified atom stereocenters. The molecule has 10 heteroatoms. The molecule has 1 saturated heterocycles. The van der Waals surface area contributed by atoms with E-state index in [-0.39, 0.29) is 18.0 Å². The Kier molecular flexibility index (Phi) is 8.81. The fourth-order valence-corrected chi connectivity index (χ4v) is 4.83. The number of hydrogen-bond acceptors (Lipinski definition) is 8. The summed E-state index contributed by atoms with van der Waals surface area (Å²) in [7, 11) is 5.27. The lowest BCUT2D eigenvalue weighted by molar-refractivity contribution is -0.117. The molecule has 1 aromatic heterocycles. The Bertz CT molecular complexity index is 1560. The highest BCUT2D eigenvalue weighted by Crippen LogP contribution is 2.33. The number of piperazine rings is 1. The molecule has 1 N–H and O–H groups in total. The number of rotatable bonds is 10. The van der Waals surface area contributed by atoms with Gasteiger partial charge in [-0.3, -0.25) is 19.1 Å². The number of carbonyl (C=O) groups is 1. The van der Waals surface area contributed by atoms with Crippen LogP contribution in [0.5, 0.6) is 23.0 Å². The van der Waals surface area contributed by atoms with Crippen molar-refractivity contribution in [2.75, 3.05) is 59.3 Å². The van der Waals surface area contributed by atoms with Crippen LogP contribution in [-0.2, 0) is 17.8 Å². The quantitative estimate of drug-likeness (QED) is 0.316. The van der Waals surface area contributed by atoms with Gasteiger partial charge in [-0.05, 0) is 55.4 Å². The number of nitrogens with zero attached hydrogens (tertiary/aromatic N) is 4. The number of aromatic nitrogens is 2. The molecule has 10 nitrogen and oxygen atoms in total. The minimum Gasteiger partial charge on any atom is -0.493 e. The van der Waals surface area contributed by atoms with Crippen LogP contribution in [0, 0.1) is 0 Å². The Hall–Kier alpha value is -4.41. The molecular weight excluding hydrogens is 522 g/mol. The van der Waals surface area contributed by atoms with Crippen LogP contribution in [0.15, 0.2) is 71.8 Å². The molecule has 0 aliphatic carbocycles. The van der Waals surface area contributed by atoms with E-state index in [1.807, 2.05) is 48.5 Å². The molecule has 1 aliphatic heterocycles. The maximum Gasteiger partial charge on any atom is 0.261 e. The second-order valence-corrected chi connectivity index (χ2v) is 10.1. The number of hydrogen-bond donors (Lipinski definition) is 1. The Morgan fingerprint density at radius 3 is 2.41 bits per heavy atom. The van der Waals surface area contributed by atoms with Crippen LogP contribution in [0.25, 0.3) is 10.9 Å². The third-order valence-corrected chi connectivity index (χ3v) is 7.22. The van der Waals surface area contributed by atoms with E-state index in [2.05, 4.69) is 27.1 Å². The zero-order valence-corrected chi connectivity index (χ0v) is 23.6. The molecule has 4 aromatic rings. The molecule has 1 fully saturated rings. The lowest BCUT2D eigenvalue weighted by atomic mass is 10.1. The number of amides is 1. The van der Waals surface area contributed by atoms with Crippen molar-refractivity contribution in [3.63, 3.8) is 0 Å². The standard InChI is InChI=1S/C31H35N5O5/c1-34-13-15-35(16-14-34)20-30(37)33-26-19-25-24(18-28(26)41-23-7-5-4-6-8-23)31(38)36(21-32-25)12-11-22-9-10-27(39-2)29(17-22)40-3/h4-10,17-19,21H,11-16,20H2,1-3H3,(H,33,37). The number of methoxy groups -OCH3 is 2. The lowest BCUT2D eigenvalue weighted by Crippen LogP contribution is -2.47. The highest BCUT2D eigenvalue weighted by Gasteiger charge is 2.19. The number of ether oxygens (including phenoxy) is 3. The van der Waals surface area contributed by atoms with Crippen LogP contribution in [-0.4, -0.2) is 79.2 Å². The second-order valence-electron chi connectivity index (χ2n) is 10.1. The molecule has 0 bridgehead atoms. The van der Waals surface area contributed by atoms with Crippen molar-refractivity contribution >= 4 is 22.5 Å². The SMILES string of the molecule is COc1ccc(CCn2cnc3cc(NC(=O)CN4CCN(C)CC4)c(Oc4ccccc4)cc3c2=O)cc1OC. The largest absolute Gasteiger partial charge is 0.493 e. The number of para-hydroxylation sites is 1. The Balaban J connectivity index is 1.40. The van der Waals surface area contributed by atoms with Gasteiger partial charge in [-0.2, -0.15) is 0 Å². The lowest BCUT2D eigenvalue weighted by Gasteiger charge is -2.31. The topological polar surface area (TPSA) is 98.2 Å². The minimum atomic E-state index is -0.191. The number of nitrogens with one attached hydrogen (secondary N) is 1. The minimum absolute atomic E-state index is 0.143. The van der Waals surface area contributed by atoms with Crippen LogP contribution in [0.1, 0.15) is 5.56 Å². The van der Waals surface area contributed by atoms with Crippen molar-refractivity contribution in [3.8, 4) is 23.0 Å². The smallest absolute Gasteiger partial charge is 0.261 e. The molecule has 5 rings (SSSR count). The molecule has 0 atom stereocenters. The molecule has 41 heavy (non-hydrogen) atoms. The summed E-state index contributed by atoms with van der Waals surface area (Å²) in [4.78, 5) is 35.5. The summed E-state index contributed by atoms with van der Waals surface area (Å²) in [5, 5.41) is 3.40. The van der Waals surface area contributed by atoms with E-state index >= 15 is 0 Å². The fraction of sp³-hybridized carbons (Fsp3) is 0.323. The van der Waals surface area contributed by atoms with Gasteiger partial charge in [-0.15, -0.1) is 0 Å². The van der Waals surface area contributed by atoms with Crippen molar-refractivity contribution < 1.29 is 19.0 Å². The van der Waals surface area contributed by atoms with Crippen LogP contribution in [0.4, 0.5) is 5.69 Å². The predicted octanol–water partition coefficient (Wildman–Crippen LogP) is 3.63. The van der Waals surface area contributed by atoms with Crippen molar-refractivity contribution in [1.82, 2.24) is 19.4 Å². The van der Waals surface area contributed by atoms with E-state index in [9.17, 15) is 9.59 Å². The molecule has 0 spiro atoms. The van der Waals surface area contributed by atoms with Gasteiger partial charge in [-0.1, -0.05) is 24.3 Å². The maximum atomic E-state index is 13.5. The number of anilines is 1. The Morgan fingerprint density at radius 2 is 1.68 bits per heavy atom. The van der Waals surface area contributed by atoms with Gasteiger partial charge in [0.25, 0.3) is 5.56 Å². The monoisotopic (exact) mass is 557 g/mol. The van der Waals surface area contributed by atoms with Gasteiger partial charge >= 0.3 is 0 Å². The number of aryl methyl sites for hydroxylation is 2. The highest BCUT2D eigenvalue weighted by molar-refractivity contribution is 5.97. The van der Waals surface area contributed by atoms with E-state index in [0.29, 0.717) is 52.6 Å². The average Bonchev–Trinajstić information content (AvgIpc) is 2.99. The van der Waals surface area contributed by atoms with Gasteiger partial charge in [0.05, 0.1) is 43.7 Å². The van der Waals surface area contributed by atoms with Gasteiger partial charge in [-0.25, -0.2) is 4.98 Å². The first kappa shape index (κ1) is 28.1. The van der Waals surface area contributed by atoms with Crippen molar-refractivity contribution in [1.29, 1.82) is 0 Å². The Morgan fingerprint density at radius 1 is 0.927 bits per heavy atom. The first-order chi connectivity index (χ1) is 19.9. The van der Waals surface area contributed by atoms with Crippen molar-refractivity contribution in [2.24, 2.45) is 0 Å². The first-order valence-electron chi connectivity index (χ1n) is 13.6. The predicted molar refractivity (Wildman–Crippen MR) is 158 cm³/mol. The molecule has 3 aromatic carbocycles. The summed E-state index contributed by atoms with van der Waals surface area (Å²) in [5.41, 5.74) is 1.76. The molecule has 1 aliphatic rings. The number of benzene rings is 3. The zero-order chi connectivity index (χ0) is 28.8. The van der Waals surface area contributed by atoms with E-state index < -0.39 is 0 Å². The van der Waals surface area contributed by atoms with Crippen LogP contribution < -0.4 is 25.1 Å². The van der Waals surface area contributed by atoms with E-state index in [1.54, 1.807) is 37.2 Å². The summed E-state index contributed by atoms with van der Waals surface area (Å²) >= 11 is 0. The third-order valence-electron chi connectivity index (χ3n) is 7.22. The van der Waals surface area contributed by atoms with Gasteiger partial charge in [0.1, 0.15) is 5.75 Å². The first-order valence-corrected chi connectivity index (χ1v) is 13.6. The Labute approximate surface area is 239 Å². The molecular formula is C31H35N5O5. The van der Waals surface area contributed by atoms with Gasteiger partial charge < -0.3 is 24.4 Å². The summed E-state index contributed by atoms with van der Waals surface area (Å²) in [5.74, 6) is 2.12. The summed E-state index contributed by atoms with van der Waals surface area (Å²) in [6.07, 6.45) is 2.14. The zero-order valence-electron chi connectivity index (χ0n) is 23.6. The molecule has 0 radical (unpaired) electrons. The average molecular weight is 558 g/mol. The fourth-order valence-electron chi connectivity index (χ4n) is 4.83. The molecule has 2 heterocycles. The number of likely N-dealkylation sites (N-methyl/N-ethyl adjacent to an activating group) is 1. The van der Waals surface area contributed by atoms with Crippen LogP contribution in [0.2, 0.25) is 0 Å². The van der Waals surface area contributed by atoms with Crippen molar-refractivity contribution in [3.05, 3.63) is 82.9 Å². The number of carbonyl (C=O) groups excluding carboxylic acids is 1. The summed E-state index contributed by atoms with van der Waals surface area (Å²) in [6.45, 7) is 4.22. The van der Waals surface area contributed by atoms with Gasteiger partial charge in [0, 0.05) is 32.7 Å². The normalized spacial score (nSPS) is 14.1. The second kappa shape index (κ2) is 12.8. The van der Waals surface area contributed by atoms with Crippen molar-refractivity contribution in [2.45, 2.75) is 13.0 Å². The molecule has 0 saturated carbocycles. The van der Waals surface area contributed by atoms with Crippen LogP contribution in [0.3, 0.4) is 0 Å². The highest BCUT2D eigenvalue weighted by atomic mass is 16.5. The van der Waals surface area contributed by atoms with E-state index in [1.165, 1.54) is 0 Å². The summed E-state index contributed by atoms with van der Waals surface area (Å²) in [6, 6.07) is 18.3. The van der Waals surface area contributed by atoms with Gasteiger partial charge in [0.2, 0.25) is 5.91 Å². The van der Waals surface area contributed by atoms with E-state index in [0.717, 1.165) is 31.7 Å². The molecule has 1 amide bonds. The number of fused-ring (bicyclic) bond motifs is 1. The maximum absolute atomic E-state index is 13.5. The van der Waals surface area contributed by atoms with E-state index in [4.69, 9.17) is 14.2 Å². The molecule has 214 valence electrons. The van der Waals surface area contributed by atoms with Gasteiger partial charge in [0.15, 0.2) is 17.2 Å². The van der Waals surface area contributed by atoms with Crippen LogP contribution >= 0.6 is 0 Å².